The molecule has 2 heterocycles. The van der Waals surface area contributed by atoms with Crippen molar-refractivity contribution in [2.24, 2.45) is 0 Å². The second-order valence-corrected chi connectivity index (χ2v) is 7.89. The molecule has 1 unspecified atom stereocenters. The average molecular weight is 338 g/mol. The number of methoxy groups -OCH3 is 1. The minimum Gasteiger partial charge on any atom is -0.390 e. The van der Waals surface area contributed by atoms with Crippen molar-refractivity contribution in [3.05, 3.63) is 0 Å². The van der Waals surface area contributed by atoms with Gasteiger partial charge < -0.3 is 28.4 Å². The van der Waals surface area contributed by atoms with Crippen LogP contribution in [0, 0.1) is 0 Å². The van der Waals surface area contributed by atoms with Crippen LogP contribution >= 0.6 is 7.60 Å². The van der Waals surface area contributed by atoms with Crippen LogP contribution in [0.2, 0.25) is 0 Å². The Labute approximate surface area is 131 Å². The van der Waals surface area contributed by atoms with Gasteiger partial charge in [0.15, 0.2) is 0 Å². The van der Waals surface area contributed by atoms with Gasteiger partial charge in [0.05, 0.1) is 31.1 Å². The lowest BCUT2D eigenvalue weighted by Crippen LogP contribution is -2.27. The molecule has 7 nitrogen and oxygen atoms in total. The summed E-state index contributed by atoms with van der Waals surface area (Å²) in [7, 11) is -1.67. The molecule has 0 aliphatic carbocycles. The first-order valence-corrected chi connectivity index (χ1v) is 9.59. The number of aliphatic hydroxyl groups excluding tert-OH is 1. The summed E-state index contributed by atoms with van der Waals surface area (Å²) in [6.45, 7) is 3.58. The standard InChI is InChI=1S/C14H27O7P/c1-11-13(5-8-18-11)21-22(16,9-3-6-17-2)20-10-14-12(15)4-7-19-14/h11-15H,3-10H2,1-2H3/t11-,12+,13+,14-,22?/m1/s1. The number of rotatable bonds is 9. The Hall–Kier alpha value is -0.0100. The van der Waals surface area contributed by atoms with Crippen LogP contribution in [0.4, 0.5) is 0 Å². The Morgan fingerprint density at radius 3 is 2.64 bits per heavy atom. The predicted octanol–water partition coefficient (Wildman–Crippen LogP) is 1.58. The van der Waals surface area contributed by atoms with E-state index in [1.54, 1.807) is 7.11 Å². The van der Waals surface area contributed by atoms with E-state index in [9.17, 15) is 9.67 Å². The number of hydrogen-bond acceptors (Lipinski definition) is 7. The second-order valence-electron chi connectivity index (χ2n) is 5.75. The molecule has 2 saturated heterocycles. The molecule has 0 aromatic carbocycles. The molecule has 0 aromatic heterocycles. The van der Waals surface area contributed by atoms with E-state index in [1.165, 1.54) is 0 Å². The molecule has 2 rings (SSSR count). The molecule has 2 aliphatic rings. The van der Waals surface area contributed by atoms with Crippen molar-refractivity contribution in [3.8, 4) is 0 Å². The summed E-state index contributed by atoms with van der Waals surface area (Å²) < 4.78 is 40.1. The van der Waals surface area contributed by atoms with E-state index in [0.29, 0.717) is 39.1 Å². The molecular formula is C14H27O7P. The number of ether oxygens (including phenoxy) is 3. The monoisotopic (exact) mass is 338 g/mol. The predicted molar refractivity (Wildman–Crippen MR) is 80.2 cm³/mol. The zero-order valence-electron chi connectivity index (χ0n) is 13.3. The summed E-state index contributed by atoms with van der Waals surface area (Å²) in [6.07, 6.45) is 0.849. The summed E-state index contributed by atoms with van der Waals surface area (Å²) >= 11 is 0. The molecule has 2 fully saturated rings. The highest BCUT2D eigenvalue weighted by Crippen LogP contribution is 2.51. The summed E-state index contributed by atoms with van der Waals surface area (Å²) in [6, 6.07) is 0. The van der Waals surface area contributed by atoms with Crippen molar-refractivity contribution in [2.45, 2.75) is 50.6 Å². The third-order valence-corrected chi connectivity index (χ3v) is 5.99. The molecule has 22 heavy (non-hydrogen) atoms. The molecule has 0 spiro atoms. The molecule has 0 saturated carbocycles. The molecular weight excluding hydrogens is 311 g/mol. The van der Waals surface area contributed by atoms with Crippen LogP contribution in [0.15, 0.2) is 0 Å². The van der Waals surface area contributed by atoms with Gasteiger partial charge in [-0.3, -0.25) is 4.57 Å². The first-order valence-electron chi connectivity index (χ1n) is 7.86. The Balaban J connectivity index is 1.89. The van der Waals surface area contributed by atoms with E-state index >= 15 is 0 Å². The lowest BCUT2D eigenvalue weighted by molar-refractivity contribution is 0.000674. The quantitative estimate of drug-likeness (QED) is 0.505. The Morgan fingerprint density at radius 2 is 2.05 bits per heavy atom. The molecule has 0 aromatic rings. The van der Waals surface area contributed by atoms with Crippen molar-refractivity contribution in [3.63, 3.8) is 0 Å². The minimum absolute atomic E-state index is 0.0768. The summed E-state index contributed by atoms with van der Waals surface area (Å²) in [5.41, 5.74) is 0. The van der Waals surface area contributed by atoms with Crippen molar-refractivity contribution in [2.75, 3.05) is 39.7 Å². The molecule has 0 bridgehead atoms. The van der Waals surface area contributed by atoms with Gasteiger partial charge in [0.25, 0.3) is 0 Å². The topological polar surface area (TPSA) is 83.5 Å². The highest BCUT2D eigenvalue weighted by atomic mass is 31.2. The van der Waals surface area contributed by atoms with Crippen molar-refractivity contribution >= 4 is 7.60 Å². The molecule has 2 aliphatic heterocycles. The summed E-state index contributed by atoms with van der Waals surface area (Å²) in [4.78, 5) is 0. The zero-order valence-corrected chi connectivity index (χ0v) is 14.2. The van der Waals surface area contributed by atoms with Crippen molar-refractivity contribution < 1.29 is 32.9 Å². The molecule has 0 amide bonds. The average Bonchev–Trinajstić information content (AvgIpc) is 3.06. The van der Waals surface area contributed by atoms with Crippen molar-refractivity contribution in [1.82, 2.24) is 0 Å². The highest BCUT2D eigenvalue weighted by Gasteiger charge is 2.36. The van der Waals surface area contributed by atoms with E-state index in [0.717, 1.165) is 0 Å². The van der Waals surface area contributed by atoms with Crippen LogP contribution in [-0.4, -0.2) is 69.2 Å². The van der Waals surface area contributed by atoms with Crippen LogP contribution < -0.4 is 0 Å². The van der Waals surface area contributed by atoms with Crippen LogP contribution in [-0.2, 0) is 27.8 Å². The minimum atomic E-state index is -3.27. The molecule has 130 valence electrons. The van der Waals surface area contributed by atoms with Crippen LogP contribution in [0.1, 0.15) is 26.2 Å². The maximum atomic E-state index is 13.0. The maximum Gasteiger partial charge on any atom is 0.331 e. The van der Waals surface area contributed by atoms with Gasteiger partial charge in [0.2, 0.25) is 0 Å². The first kappa shape index (κ1) is 18.3. The molecule has 5 atom stereocenters. The normalized spacial score (nSPS) is 34.9. The highest BCUT2D eigenvalue weighted by molar-refractivity contribution is 7.53. The Morgan fingerprint density at radius 1 is 1.27 bits per heavy atom. The molecule has 8 heteroatoms. The van der Waals surface area contributed by atoms with Crippen LogP contribution in [0.25, 0.3) is 0 Å². The first-order chi connectivity index (χ1) is 10.5. The van der Waals surface area contributed by atoms with E-state index in [2.05, 4.69) is 0 Å². The second kappa shape index (κ2) is 8.73. The Kier molecular flexibility index (Phi) is 7.28. The third-order valence-electron chi connectivity index (χ3n) is 3.99. The largest absolute Gasteiger partial charge is 0.390 e. The van der Waals surface area contributed by atoms with Gasteiger partial charge in [0.1, 0.15) is 6.10 Å². The summed E-state index contributed by atoms with van der Waals surface area (Å²) in [5.74, 6) is 0. The lowest BCUT2D eigenvalue weighted by Gasteiger charge is -2.25. The Bertz CT molecular complexity index is 378. The van der Waals surface area contributed by atoms with Crippen LogP contribution in [0.3, 0.4) is 0 Å². The third kappa shape index (κ3) is 5.27. The van der Waals surface area contributed by atoms with Gasteiger partial charge in [-0.25, -0.2) is 0 Å². The van der Waals surface area contributed by atoms with Gasteiger partial charge in [-0.15, -0.1) is 0 Å². The van der Waals surface area contributed by atoms with Gasteiger partial charge >= 0.3 is 7.60 Å². The van der Waals surface area contributed by atoms with E-state index in [-0.39, 0.29) is 25.0 Å². The fourth-order valence-electron chi connectivity index (χ4n) is 2.59. The number of hydrogen-bond donors (Lipinski definition) is 1. The van der Waals surface area contributed by atoms with Crippen LogP contribution in [0.5, 0.6) is 0 Å². The van der Waals surface area contributed by atoms with Crippen molar-refractivity contribution in [1.29, 1.82) is 0 Å². The molecule has 1 N–H and O–H groups in total. The molecule has 0 radical (unpaired) electrons. The van der Waals surface area contributed by atoms with Gasteiger partial charge in [-0.1, -0.05) is 0 Å². The smallest absolute Gasteiger partial charge is 0.331 e. The van der Waals surface area contributed by atoms with Gasteiger partial charge in [-0.05, 0) is 19.8 Å². The fourth-order valence-corrected chi connectivity index (χ4v) is 4.47. The van der Waals surface area contributed by atoms with Gasteiger partial charge in [-0.2, -0.15) is 0 Å². The lowest BCUT2D eigenvalue weighted by atomic mass is 10.2. The van der Waals surface area contributed by atoms with E-state index < -0.39 is 19.8 Å². The zero-order chi connectivity index (χ0) is 16.0. The van der Waals surface area contributed by atoms with Gasteiger partial charge in [0, 0.05) is 33.4 Å². The van der Waals surface area contributed by atoms with E-state index in [1.807, 2.05) is 6.92 Å². The summed E-state index contributed by atoms with van der Waals surface area (Å²) in [5, 5.41) is 9.75. The SMILES string of the molecule is COCCCP(=O)(OC[C@H]1OCC[C@@H]1O)O[C@H]1CCO[C@@H]1C. The fraction of sp³-hybridized carbons (Fsp3) is 1.00. The number of aliphatic hydroxyl groups is 1. The van der Waals surface area contributed by atoms with E-state index in [4.69, 9.17) is 23.3 Å². The maximum absolute atomic E-state index is 13.0.